The summed E-state index contributed by atoms with van der Waals surface area (Å²) in [5, 5.41) is 6.15. The summed E-state index contributed by atoms with van der Waals surface area (Å²) in [7, 11) is 2.03. The van der Waals surface area contributed by atoms with E-state index in [0.29, 0.717) is 6.04 Å². The van der Waals surface area contributed by atoms with E-state index in [4.69, 9.17) is 11.6 Å². The predicted molar refractivity (Wildman–Crippen MR) is 66.7 cm³/mol. The van der Waals surface area contributed by atoms with Crippen molar-refractivity contribution < 1.29 is 0 Å². The third-order valence-electron chi connectivity index (χ3n) is 2.92. The molecule has 2 rings (SSSR count). The summed E-state index contributed by atoms with van der Waals surface area (Å²) in [5.41, 5.74) is 0. The first kappa shape index (κ1) is 11.4. The molecule has 0 aromatic carbocycles. The summed E-state index contributed by atoms with van der Waals surface area (Å²) in [4.78, 5) is 3.93. The van der Waals surface area contributed by atoms with Gasteiger partial charge in [0.1, 0.15) is 0 Å². The van der Waals surface area contributed by atoms with Gasteiger partial charge in [0.25, 0.3) is 0 Å². The molecule has 0 radical (unpaired) electrons. The SMILES string of the molecule is CNCC1CCCN1Cc1cc(Cl)cs1. The van der Waals surface area contributed by atoms with Crippen molar-refractivity contribution in [2.75, 3.05) is 20.1 Å². The van der Waals surface area contributed by atoms with Crippen molar-refractivity contribution in [2.24, 2.45) is 0 Å². The molecular weight excluding hydrogens is 228 g/mol. The lowest BCUT2D eigenvalue weighted by atomic mass is 10.2. The second-order valence-electron chi connectivity index (χ2n) is 4.06. The van der Waals surface area contributed by atoms with Gasteiger partial charge in [0, 0.05) is 29.4 Å². The Morgan fingerprint density at radius 2 is 2.53 bits per heavy atom. The molecule has 1 fully saturated rings. The van der Waals surface area contributed by atoms with E-state index in [1.165, 1.54) is 24.3 Å². The Labute approximate surface area is 100 Å². The maximum atomic E-state index is 5.92. The van der Waals surface area contributed by atoms with E-state index >= 15 is 0 Å². The summed E-state index contributed by atoms with van der Waals surface area (Å²) in [5.74, 6) is 0. The van der Waals surface area contributed by atoms with E-state index in [9.17, 15) is 0 Å². The number of halogens is 1. The van der Waals surface area contributed by atoms with Gasteiger partial charge in [0.15, 0.2) is 0 Å². The van der Waals surface area contributed by atoms with Crippen LogP contribution < -0.4 is 5.32 Å². The van der Waals surface area contributed by atoms with Crippen LogP contribution in [0.15, 0.2) is 11.4 Å². The molecule has 0 saturated carbocycles. The van der Waals surface area contributed by atoms with Gasteiger partial charge in [-0.25, -0.2) is 0 Å². The quantitative estimate of drug-likeness (QED) is 0.876. The average Bonchev–Trinajstić information content (AvgIpc) is 2.78. The van der Waals surface area contributed by atoms with Crippen molar-refractivity contribution >= 4 is 22.9 Å². The molecule has 1 aliphatic rings. The first-order valence-electron chi connectivity index (χ1n) is 5.41. The van der Waals surface area contributed by atoms with Crippen LogP contribution in [-0.4, -0.2) is 31.1 Å². The van der Waals surface area contributed by atoms with Crippen LogP contribution in [0, 0.1) is 0 Å². The number of likely N-dealkylation sites (tertiary alicyclic amines) is 1. The highest BCUT2D eigenvalue weighted by Gasteiger charge is 2.23. The fourth-order valence-electron chi connectivity index (χ4n) is 2.21. The Balaban J connectivity index is 1.93. The van der Waals surface area contributed by atoms with Crippen LogP contribution in [-0.2, 0) is 6.54 Å². The second kappa shape index (κ2) is 5.30. The lowest BCUT2D eigenvalue weighted by Crippen LogP contribution is -2.36. The molecule has 0 aliphatic carbocycles. The monoisotopic (exact) mass is 244 g/mol. The molecule has 1 aliphatic heterocycles. The summed E-state index contributed by atoms with van der Waals surface area (Å²) in [6, 6.07) is 2.79. The lowest BCUT2D eigenvalue weighted by Gasteiger charge is -2.23. The second-order valence-corrected chi connectivity index (χ2v) is 5.49. The maximum Gasteiger partial charge on any atom is 0.0516 e. The maximum absolute atomic E-state index is 5.92. The molecule has 1 aromatic rings. The van der Waals surface area contributed by atoms with Gasteiger partial charge in [0.05, 0.1) is 5.02 Å². The molecule has 15 heavy (non-hydrogen) atoms. The number of nitrogens with one attached hydrogen (secondary N) is 1. The highest BCUT2D eigenvalue weighted by molar-refractivity contribution is 7.10. The Morgan fingerprint density at radius 3 is 3.20 bits per heavy atom. The van der Waals surface area contributed by atoms with E-state index in [-0.39, 0.29) is 0 Å². The Bertz CT molecular complexity index is 313. The molecular formula is C11H17ClN2S. The van der Waals surface area contributed by atoms with Gasteiger partial charge in [-0.05, 0) is 32.5 Å². The number of thiophene rings is 1. The molecule has 1 atom stereocenters. The van der Waals surface area contributed by atoms with E-state index < -0.39 is 0 Å². The van der Waals surface area contributed by atoms with Crippen LogP contribution in [0.4, 0.5) is 0 Å². The molecule has 84 valence electrons. The zero-order valence-corrected chi connectivity index (χ0v) is 10.6. The number of nitrogens with zero attached hydrogens (tertiary/aromatic N) is 1. The van der Waals surface area contributed by atoms with Gasteiger partial charge in [-0.2, -0.15) is 0 Å². The number of hydrogen-bond donors (Lipinski definition) is 1. The van der Waals surface area contributed by atoms with Gasteiger partial charge < -0.3 is 5.32 Å². The molecule has 1 aromatic heterocycles. The van der Waals surface area contributed by atoms with Crippen LogP contribution in [0.1, 0.15) is 17.7 Å². The van der Waals surface area contributed by atoms with Gasteiger partial charge in [0.2, 0.25) is 0 Å². The average molecular weight is 245 g/mol. The molecule has 0 spiro atoms. The fraction of sp³-hybridized carbons (Fsp3) is 0.636. The van der Waals surface area contributed by atoms with Crippen molar-refractivity contribution in [3.63, 3.8) is 0 Å². The van der Waals surface area contributed by atoms with Gasteiger partial charge >= 0.3 is 0 Å². The van der Waals surface area contributed by atoms with Crippen molar-refractivity contribution in [3.8, 4) is 0 Å². The van der Waals surface area contributed by atoms with E-state index in [1.807, 2.05) is 12.4 Å². The molecule has 4 heteroatoms. The van der Waals surface area contributed by atoms with Crippen molar-refractivity contribution in [3.05, 3.63) is 21.3 Å². The normalized spacial score (nSPS) is 22.4. The highest BCUT2D eigenvalue weighted by atomic mass is 35.5. The molecule has 1 unspecified atom stereocenters. The lowest BCUT2D eigenvalue weighted by molar-refractivity contribution is 0.244. The van der Waals surface area contributed by atoms with Crippen LogP contribution in [0.25, 0.3) is 0 Å². The van der Waals surface area contributed by atoms with E-state index in [0.717, 1.165) is 18.1 Å². The van der Waals surface area contributed by atoms with Crippen LogP contribution >= 0.6 is 22.9 Å². The first-order valence-corrected chi connectivity index (χ1v) is 6.67. The van der Waals surface area contributed by atoms with Gasteiger partial charge in [-0.15, -0.1) is 11.3 Å². The molecule has 0 amide bonds. The largest absolute Gasteiger partial charge is 0.318 e. The Kier molecular flexibility index (Phi) is 4.03. The number of rotatable bonds is 4. The minimum Gasteiger partial charge on any atom is -0.318 e. The summed E-state index contributed by atoms with van der Waals surface area (Å²) in [6.45, 7) is 3.38. The van der Waals surface area contributed by atoms with Gasteiger partial charge in [-0.1, -0.05) is 11.6 Å². The van der Waals surface area contributed by atoms with Crippen LogP contribution in [0.3, 0.4) is 0 Å². The molecule has 2 heterocycles. The van der Waals surface area contributed by atoms with Gasteiger partial charge in [-0.3, -0.25) is 4.90 Å². The highest BCUT2D eigenvalue weighted by Crippen LogP contribution is 2.24. The van der Waals surface area contributed by atoms with Crippen molar-refractivity contribution in [1.29, 1.82) is 0 Å². The summed E-state index contributed by atoms with van der Waals surface area (Å²) < 4.78 is 0. The minimum atomic E-state index is 0.705. The third-order valence-corrected chi connectivity index (χ3v) is 4.19. The zero-order chi connectivity index (χ0) is 10.7. The standard InChI is InChI=1S/C11H17ClN2S/c1-13-6-10-3-2-4-14(10)7-11-5-9(12)8-15-11/h5,8,10,13H,2-4,6-7H2,1H3. The smallest absolute Gasteiger partial charge is 0.0516 e. The topological polar surface area (TPSA) is 15.3 Å². The molecule has 0 bridgehead atoms. The molecule has 1 N–H and O–H groups in total. The van der Waals surface area contributed by atoms with Crippen molar-refractivity contribution in [1.82, 2.24) is 10.2 Å². The molecule has 2 nitrogen and oxygen atoms in total. The zero-order valence-electron chi connectivity index (χ0n) is 9.00. The fourth-order valence-corrected chi connectivity index (χ4v) is 3.30. The number of hydrogen-bond acceptors (Lipinski definition) is 3. The van der Waals surface area contributed by atoms with E-state index in [1.54, 1.807) is 11.3 Å². The van der Waals surface area contributed by atoms with E-state index in [2.05, 4.69) is 16.3 Å². The van der Waals surface area contributed by atoms with Crippen molar-refractivity contribution in [2.45, 2.75) is 25.4 Å². The first-order chi connectivity index (χ1) is 7.29. The summed E-state index contributed by atoms with van der Waals surface area (Å²) in [6.07, 6.45) is 2.64. The third kappa shape index (κ3) is 2.94. The summed E-state index contributed by atoms with van der Waals surface area (Å²) >= 11 is 7.69. The van der Waals surface area contributed by atoms with Crippen LogP contribution in [0.2, 0.25) is 5.02 Å². The Morgan fingerprint density at radius 1 is 1.67 bits per heavy atom. The Hall–Kier alpha value is -0.0900. The minimum absolute atomic E-state index is 0.705. The number of likely N-dealkylation sites (N-methyl/N-ethyl adjacent to an activating group) is 1. The van der Waals surface area contributed by atoms with Crippen LogP contribution in [0.5, 0.6) is 0 Å². The molecule has 1 saturated heterocycles. The predicted octanol–water partition coefficient (Wildman–Crippen LogP) is 2.59.